The molecule has 0 bridgehead atoms. The lowest BCUT2D eigenvalue weighted by Gasteiger charge is -2.20. The van der Waals surface area contributed by atoms with Crippen LogP contribution >= 0.6 is 23.2 Å². The third-order valence-electron chi connectivity index (χ3n) is 4.54. The molecule has 0 aromatic heterocycles. The lowest BCUT2D eigenvalue weighted by Crippen LogP contribution is -2.45. The Labute approximate surface area is 198 Å². The van der Waals surface area contributed by atoms with Gasteiger partial charge in [0.15, 0.2) is 0 Å². The highest BCUT2D eigenvalue weighted by atomic mass is 35.5. The quantitative estimate of drug-likeness (QED) is 0.432. The number of carbonyl (C=O) groups is 1. The molecule has 0 aliphatic rings. The number of benzene rings is 3. The molecule has 1 amide bonds. The molecule has 3 aromatic rings. The molecule has 3 rings (SSSR count). The van der Waals surface area contributed by atoms with Crippen LogP contribution in [-0.2, 0) is 27.4 Å². The van der Waals surface area contributed by atoms with Crippen LogP contribution in [0.4, 0.5) is 18.9 Å². The second kappa shape index (κ2) is 10.1. The first-order valence-corrected chi connectivity index (χ1v) is 11.7. The summed E-state index contributed by atoms with van der Waals surface area (Å²) in [4.78, 5) is 12.6. The van der Waals surface area contributed by atoms with Gasteiger partial charge in [0, 0.05) is 10.7 Å². The van der Waals surface area contributed by atoms with E-state index >= 15 is 0 Å². The molecule has 0 saturated carbocycles. The minimum atomic E-state index is -4.60. The summed E-state index contributed by atoms with van der Waals surface area (Å²) in [6.07, 6.45) is -4.67. The number of carbonyl (C=O) groups excluding carboxylic acids is 1. The molecule has 0 saturated heterocycles. The van der Waals surface area contributed by atoms with Crippen LogP contribution in [0.25, 0.3) is 0 Å². The van der Waals surface area contributed by atoms with Crippen LogP contribution in [0, 0.1) is 0 Å². The Morgan fingerprint density at radius 1 is 0.939 bits per heavy atom. The number of hydrogen-bond acceptors (Lipinski definition) is 3. The van der Waals surface area contributed by atoms with Gasteiger partial charge in [-0.2, -0.15) is 17.9 Å². The van der Waals surface area contributed by atoms with Gasteiger partial charge < -0.3 is 5.32 Å². The van der Waals surface area contributed by atoms with Crippen molar-refractivity contribution in [2.45, 2.75) is 23.5 Å². The van der Waals surface area contributed by atoms with E-state index in [4.69, 9.17) is 23.2 Å². The second-order valence-corrected chi connectivity index (χ2v) is 9.53. The van der Waals surface area contributed by atoms with Crippen LogP contribution in [-0.4, -0.2) is 20.4 Å². The SMILES string of the molecule is O=C(Nc1cccc(C(F)(F)F)c1)[C@H](Cc1ccccc1)NS(=O)(=O)c1cc(Cl)ccc1Cl. The summed E-state index contributed by atoms with van der Waals surface area (Å²) in [7, 11) is -4.31. The molecular weight excluding hydrogens is 500 g/mol. The summed E-state index contributed by atoms with van der Waals surface area (Å²) < 4.78 is 67.2. The minimum Gasteiger partial charge on any atom is -0.325 e. The molecule has 33 heavy (non-hydrogen) atoms. The highest BCUT2D eigenvalue weighted by Gasteiger charge is 2.31. The van der Waals surface area contributed by atoms with Gasteiger partial charge in [0.2, 0.25) is 15.9 Å². The fraction of sp³-hybridized carbons (Fsp3) is 0.136. The number of sulfonamides is 1. The maximum Gasteiger partial charge on any atom is 0.416 e. The molecule has 11 heteroatoms. The maximum absolute atomic E-state index is 13.0. The van der Waals surface area contributed by atoms with Gasteiger partial charge in [0.05, 0.1) is 10.6 Å². The molecule has 2 N–H and O–H groups in total. The number of halogens is 5. The molecule has 5 nitrogen and oxygen atoms in total. The van der Waals surface area contributed by atoms with Crippen LogP contribution in [0.2, 0.25) is 10.0 Å². The number of hydrogen-bond donors (Lipinski definition) is 2. The fourth-order valence-electron chi connectivity index (χ4n) is 2.97. The van der Waals surface area contributed by atoms with Gasteiger partial charge in [-0.05, 0) is 48.4 Å². The minimum absolute atomic E-state index is 0.0664. The molecule has 3 aromatic carbocycles. The number of amides is 1. The molecule has 0 fully saturated rings. The molecule has 0 heterocycles. The van der Waals surface area contributed by atoms with Gasteiger partial charge in [-0.3, -0.25) is 4.79 Å². The lowest BCUT2D eigenvalue weighted by atomic mass is 10.1. The summed E-state index contributed by atoms with van der Waals surface area (Å²) in [5, 5.41) is 2.36. The Bertz CT molecular complexity index is 1250. The van der Waals surface area contributed by atoms with E-state index in [1.165, 1.54) is 18.2 Å². The maximum atomic E-state index is 13.0. The van der Waals surface area contributed by atoms with E-state index in [9.17, 15) is 26.4 Å². The van der Waals surface area contributed by atoms with Gasteiger partial charge in [-0.25, -0.2) is 8.42 Å². The van der Waals surface area contributed by atoms with E-state index in [2.05, 4.69) is 10.0 Å². The first-order chi connectivity index (χ1) is 15.5. The Hall–Kier alpha value is -2.59. The van der Waals surface area contributed by atoms with E-state index in [1.807, 2.05) is 0 Å². The Morgan fingerprint density at radius 3 is 2.30 bits per heavy atom. The van der Waals surface area contributed by atoms with E-state index in [0.717, 1.165) is 24.3 Å². The van der Waals surface area contributed by atoms with Crippen molar-refractivity contribution < 1.29 is 26.4 Å². The van der Waals surface area contributed by atoms with E-state index < -0.39 is 33.7 Å². The third-order valence-corrected chi connectivity index (χ3v) is 6.73. The van der Waals surface area contributed by atoms with Crippen molar-refractivity contribution in [1.82, 2.24) is 4.72 Å². The number of anilines is 1. The zero-order valence-corrected chi connectivity index (χ0v) is 19.1. The van der Waals surface area contributed by atoms with Crippen LogP contribution in [0.1, 0.15) is 11.1 Å². The summed E-state index contributed by atoms with van der Waals surface area (Å²) in [5.41, 5.74) is -0.458. The average Bonchev–Trinajstić information content (AvgIpc) is 2.75. The summed E-state index contributed by atoms with van der Waals surface area (Å²) in [5.74, 6) is -0.847. The first kappa shape index (κ1) is 25.0. The number of alkyl halides is 3. The standard InChI is InChI=1S/C22H17Cl2F3N2O3S/c23-16-9-10-18(24)20(13-16)33(31,32)29-19(11-14-5-2-1-3-6-14)21(30)28-17-8-4-7-15(12-17)22(25,26)27/h1-10,12-13,19,29H,11H2,(H,28,30)/t19-/m0/s1. The monoisotopic (exact) mass is 516 g/mol. The van der Waals surface area contributed by atoms with Crippen LogP contribution in [0.3, 0.4) is 0 Å². The summed E-state index contributed by atoms with van der Waals surface area (Å²) in [6, 6.07) is 15.1. The van der Waals surface area contributed by atoms with Crippen molar-refractivity contribution in [3.05, 3.63) is 94.0 Å². The Morgan fingerprint density at radius 2 is 1.64 bits per heavy atom. The van der Waals surface area contributed by atoms with E-state index in [0.29, 0.717) is 5.56 Å². The van der Waals surface area contributed by atoms with Gasteiger partial charge in [0.1, 0.15) is 10.9 Å². The molecule has 0 spiro atoms. The van der Waals surface area contributed by atoms with Crippen molar-refractivity contribution in [2.75, 3.05) is 5.32 Å². The molecule has 0 aliphatic carbocycles. The highest BCUT2D eigenvalue weighted by Crippen LogP contribution is 2.31. The van der Waals surface area contributed by atoms with Crippen LogP contribution < -0.4 is 10.0 Å². The average molecular weight is 517 g/mol. The largest absolute Gasteiger partial charge is 0.416 e. The van der Waals surface area contributed by atoms with Gasteiger partial charge in [0.25, 0.3) is 0 Å². The van der Waals surface area contributed by atoms with E-state index in [-0.39, 0.29) is 27.0 Å². The topological polar surface area (TPSA) is 75.3 Å². The Kier molecular flexibility index (Phi) is 7.69. The first-order valence-electron chi connectivity index (χ1n) is 9.45. The number of nitrogens with one attached hydrogen (secondary N) is 2. The van der Waals surface area contributed by atoms with Crippen LogP contribution in [0.5, 0.6) is 0 Å². The Balaban J connectivity index is 1.91. The lowest BCUT2D eigenvalue weighted by molar-refractivity contribution is -0.137. The third kappa shape index (κ3) is 6.70. The van der Waals surface area contributed by atoms with Crippen molar-refractivity contribution in [2.24, 2.45) is 0 Å². The number of rotatable bonds is 7. The van der Waals surface area contributed by atoms with E-state index in [1.54, 1.807) is 30.3 Å². The molecule has 0 aliphatic heterocycles. The predicted molar refractivity (Wildman–Crippen MR) is 121 cm³/mol. The summed E-state index contributed by atoms with van der Waals surface area (Å²) in [6.45, 7) is 0. The normalized spacial score (nSPS) is 12.9. The molecule has 174 valence electrons. The van der Waals surface area contributed by atoms with Crippen molar-refractivity contribution >= 4 is 44.8 Å². The van der Waals surface area contributed by atoms with Gasteiger partial charge >= 0.3 is 6.18 Å². The smallest absolute Gasteiger partial charge is 0.325 e. The molecule has 1 atom stereocenters. The zero-order valence-electron chi connectivity index (χ0n) is 16.7. The molecular formula is C22H17Cl2F3N2O3S. The second-order valence-electron chi connectivity index (χ2n) is 7.01. The highest BCUT2D eigenvalue weighted by molar-refractivity contribution is 7.89. The fourth-order valence-corrected chi connectivity index (χ4v) is 4.93. The zero-order chi connectivity index (χ0) is 24.2. The van der Waals surface area contributed by atoms with Crippen molar-refractivity contribution in [3.8, 4) is 0 Å². The van der Waals surface area contributed by atoms with Gasteiger partial charge in [-0.15, -0.1) is 0 Å². The van der Waals surface area contributed by atoms with Crippen molar-refractivity contribution in [1.29, 1.82) is 0 Å². The summed E-state index contributed by atoms with van der Waals surface area (Å²) >= 11 is 11.9. The molecule has 0 radical (unpaired) electrons. The van der Waals surface area contributed by atoms with Crippen molar-refractivity contribution in [3.63, 3.8) is 0 Å². The predicted octanol–water partition coefficient (Wildman–Crippen LogP) is 5.54. The van der Waals surface area contributed by atoms with Crippen LogP contribution in [0.15, 0.2) is 77.7 Å². The molecule has 0 unspecified atom stereocenters. The van der Waals surface area contributed by atoms with Gasteiger partial charge in [-0.1, -0.05) is 59.6 Å².